The van der Waals surface area contributed by atoms with Gasteiger partial charge < -0.3 is 15.0 Å². The van der Waals surface area contributed by atoms with E-state index in [1.807, 2.05) is 19.1 Å². The van der Waals surface area contributed by atoms with E-state index in [2.05, 4.69) is 27.1 Å². The highest BCUT2D eigenvalue weighted by Gasteiger charge is 2.20. The van der Waals surface area contributed by atoms with Gasteiger partial charge in [-0.05, 0) is 37.8 Å². The molecule has 25 heavy (non-hydrogen) atoms. The normalized spacial score (nSPS) is 15.1. The van der Waals surface area contributed by atoms with Crippen LogP contribution in [0.3, 0.4) is 0 Å². The second-order valence-corrected chi connectivity index (χ2v) is 6.48. The summed E-state index contributed by atoms with van der Waals surface area (Å²) in [6.07, 6.45) is 2.29. The Kier molecular flexibility index (Phi) is 5.16. The topological polar surface area (TPSA) is 67.3 Å². The largest absolute Gasteiger partial charge is 0.495 e. The smallest absolute Gasteiger partial charge is 0.274 e. The third kappa shape index (κ3) is 4.07. The number of amides is 1. The van der Waals surface area contributed by atoms with E-state index in [9.17, 15) is 4.79 Å². The molecule has 1 aromatic heterocycles. The number of aryl methyl sites for hydroxylation is 1. The van der Waals surface area contributed by atoms with Crippen LogP contribution >= 0.6 is 0 Å². The van der Waals surface area contributed by atoms with E-state index in [1.165, 1.54) is 0 Å². The Balaban J connectivity index is 1.81. The zero-order valence-electron chi connectivity index (χ0n) is 15.0. The van der Waals surface area contributed by atoms with Crippen molar-refractivity contribution in [3.05, 3.63) is 41.9 Å². The lowest BCUT2D eigenvalue weighted by Gasteiger charge is -2.31. The average Bonchev–Trinajstić information content (AvgIpc) is 2.62. The van der Waals surface area contributed by atoms with Gasteiger partial charge in [-0.2, -0.15) is 0 Å². The van der Waals surface area contributed by atoms with Gasteiger partial charge in [0.2, 0.25) is 0 Å². The van der Waals surface area contributed by atoms with E-state index in [0.717, 1.165) is 37.7 Å². The van der Waals surface area contributed by atoms with Crippen molar-refractivity contribution >= 4 is 17.4 Å². The van der Waals surface area contributed by atoms with Crippen molar-refractivity contribution in [2.24, 2.45) is 5.92 Å². The van der Waals surface area contributed by atoms with Crippen molar-refractivity contribution in [1.29, 1.82) is 0 Å². The first-order valence-corrected chi connectivity index (χ1v) is 8.62. The highest BCUT2D eigenvalue weighted by molar-refractivity contribution is 6.04. The Morgan fingerprint density at radius 2 is 1.96 bits per heavy atom. The fourth-order valence-electron chi connectivity index (χ4n) is 3.00. The lowest BCUT2D eigenvalue weighted by atomic mass is 9.99. The maximum Gasteiger partial charge on any atom is 0.274 e. The molecule has 0 radical (unpaired) electrons. The summed E-state index contributed by atoms with van der Waals surface area (Å²) in [6, 6.07) is 9.09. The van der Waals surface area contributed by atoms with E-state index in [1.54, 1.807) is 25.3 Å². The number of methoxy groups -OCH3 is 1. The number of hydrogen-bond acceptors (Lipinski definition) is 5. The van der Waals surface area contributed by atoms with Crippen molar-refractivity contribution in [3.8, 4) is 5.75 Å². The van der Waals surface area contributed by atoms with Gasteiger partial charge >= 0.3 is 0 Å². The van der Waals surface area contributed by atoms with Crippen LogP contribution in [0.15, 0.2) is 30.3 Å². The second kappa shape index (κ2) is 7.51. The Labute approximate surface area is 148 Å². The number of benzene rings is 1. The molecule has 6 heteroatoms. The number of carbonyl (C=O) groups excluding carboxylic acids is 1. The quantitative estimate of drug-likeness (QED) is 0.925. The predicted molar refractivity (Wildman–Crippen MR) is 98.3 cm³/mol. The minimum Gasteiger partial charge on any atom is -0.495 e. The number of ether oxygens (including phenoxy) is 1. The van der Waals surface area contributed by atoms with Gasteiger partial charge in [0.05, 0.1) is 12.8 Å². The molecule has 0 spiro atoms. The molecular formula is C19H24N4O2. The van der Waals surface area contributed by atoms with Gasteiger partial charge in [-0.15, -0.1) is 0 Å². The average molecular weight is 340 g/mol. The molecule has 2 aromatic rings. The molecular weight excluding hydrogens is 316 g/mol. The number of nitrogens with zero attached hydrogens (tertiary/aromatic N) is 3. The summed E-state index contributed by atoms with van der Waals surface area (Å²) in [7, 11) is 1.58. The van der Waals surface area contributed by atoms with Crippen LogP contribution < -0.4 is 15.0 Å². The predicted octanol–water partition coefficient (Wildman–Crippen LogP) is 3.28. The van der Waals surface area contributed by atoms with Crippen molar-refractivity contribution in [2.45, 2.75) is 26.7 Å². The monoisotopic (exact) mass is 340 g/mol. The molecule has 1 aliphatic heterocycles. The third-order valence-electron chi connectivity index (χ3n) is 4.52. The maximum absolute atomic E-state index is 12.6. The summed E-state index contributed by atoms with van der Waals surface area (Å²) in [6.45, 7) is 6.01. The van der Waals surface area contributed by atoms with E-state index >= 15 is 0 Å². The molecule has 1 amide bonds. The van der Waals surface area contributed by atoms with Gasteiger partial charge in [0.25, 0.3) is 5.91 Å². The Morgan fingerprint density at radius 3 is 2.68 bits per heavy atom. The molecule has 0 aliphatic carbocycles. The summed E-state index contributed by atoms with van der Waals surface area (Å²) in [5, 5.41) is 2.87. The Morgan fingerprint density at radius 1 is 1.24 bits per heavy atom. The van der Waals surface area contributed by atoms with Crippen LogP contribution in [0, 0.1) is 12.8 Å². The number of aromatic nitrogens is 2. The number of anilines is 2. The molecule has 1 fully saturated rings. The van der Waals surface area contributed by atoms with Gasteiger partial charge in [0.1, 0.15) is 23.1 Å². The van der Waals surface area contributed by atoms with E-state index in [4.69, 9.17) is 4.74 Å². The van der Waals surface area contributed by atoms with Gasteiger partial charge in [0, 0.05) is 19.2 Å². The van der Waals surface area contributed by atoms with Gasteiger partial charge in [0.15, 0.2) is 0 Å². The van der Waals surface area contributed by atoms with Crippen molar-refractivity contribution in [2.75, 3.05) is 30.4 Å². The first-order chi connectivity index (χ1) is 12.1. The lowest BCUT2D eigenvalue weighted by Crippen LogP contribution is -2.34. The van der Waals surface area contributed by atoms with Gasteiger partial charge in [-0.3, -0.25) is 4.79 Å². The second-order valence-electron chi connectivity index (χ2n) is 6.48. The minimum absolute atomic E-state index is 0.262. The number of nitrogens with one attached hydrogen (secondary N) is 1. The fourth-order valence-corrected chi connectivity index (χ4v) is 3.00. The van der Waals surface area contributed by atoms with Crippen LogP contribution in [0.5, 0.6) is 5.75 Å². The molecule has 3 rings (SSSR count). The van der Waals surface area contributed by atoms with Gasteiger partial charge in [-0.25, -0.2) is 9.97 Å². The van der Waals surface area contributed by atoms with Crippen LogP contribution in [-0.4, -0.2) is 36.1 Å². The van der Waals surface area contributed by atoms with Crippen molar-refractivity contribution in [1.82, 2.24) is 9.97 Å². The zero-order chi connectivity index (χ0) is 17.8. The molecule has 6 nitrogen and oxygen atoms in total. The van der Waals surface area contributed by atoms with Gasteiger partial charge in [-0.1, -0.05) is 19.1 Å². The maximum atomic E-state index is 12.6. The molecule has 132 valence electrons. The molecule has 0 unspecified atom stereocenters. The molecule has 1 aromatic carbocycles. The summed E-state index contributed by atoms with van der Waals surface area (Å²) >= 11 is 0. The third-order valence-corrected chi connectivity index (χ3v) is 4.52. The SMILES string of the molecule is COc1ccccc1NC(=O)c1cc(N2CCC(C)CC2)nc(C)n1. The highest BCUT2D eigenvalue weighted by Crippen LogP contribution is 2.25. The number of rotatable bonds is 4. The number of hydrogen-bond donors (Lipinski definition) is 1. The first kappa shape index (κ1) is 17.2. The molecule has 1 saturated heterocycles. The van der Waals surface area contributed by atoms with Crippen LogP contribution in [0.4, 0.5) is 11.5 Å². The molecule has 0 atom stereocenters. The van der Waals surface area contributed by atoms with Crippen LogP contribution in [0.1, 0.15) is 36.1 Å². The Bertz CT molecular complexity index is 755. The first-order valence-electron chi connectivity index (χ1n) is 8.62. The van der Waals surface area contributed by atoms with Crippen LogP contribution in [0.25, 0.3) is 0 Å². The Hall–Kier alpha value is -2.63. The summed E-state index contributed by atoms with van der Waals surface area (Å²) in [5.74, 6) is 2.52. The summed E-state index contributed by atoms with van der Waals surface area (Å²) in [4.78, 5) is 23.7. The molecule has 0 saturated carbocycles. The van der Waals surface area contributed by atoms with E-state index < -0.39 is 0 Å². The highest BCUT2D eigenvalue weighted by atomic mass is 16.5. The summed E-state index contributed by atoms with van der Waals surface area (Å²) in [5.41, 5.74) is 0.992. The molecule has 0 bridgehead atoms. The van der Waals surface area contributed by atoms with E-state index in [0.29, 0.717) is 23.0 Å². The molecule has 2 heterocycles. The number of carbonyl (C=O) groups is 1. The standard InChI is InChI=1S/C19H24N4O2/c1-13-8-10-23(11-9-13)18-12-16(20-14(2)21-18)19(24)22-15-6-4-5-7-17(15)25-3/h4-7,12-13H,8-11H2,1-3H3,(H,22,24). The van der Waals surface area contributed by atoms with Crippen LogP contribution in [0.2, 0.25) is 0 Å². The number of piperidine rings is 1. The fraction of sp³-hybridized carbons (Fsp3) is 0.421. The number of para-hydroxylation sites is 2. The van der Waals surface area contributed by atoms with Crippen LogP contribution in [-0.2, 0) is 0 Å². The minimum atomic E-state index is -0.262. The van der Waals surface area contributed by atoms with Crippen molar-refractivity contribution in [3.63, 3.8) is 0 Å². The van der Waals surface area contributed by atoms with E-state index in [-0.39, 0.29) is 5.91 Å². The lowest BCUT2D eigenvalue weighted by molar-refractivity contribution is 0.102. The summed E-state index contributed by atoms with van der Waals surface area (Å²) < 4.78 is 5.28. The zero-order valence-corrected chi connectivity index (χ0v) is 15.0. The van der Waals surface area contributed by atoms with Crippen molar-refractivity contribution < 1.29 is 9.53 Å². The molecule has 1 aliphatic rings. The molecule has 1 N–H and O–H groups in total.